The number of carbonyl (C=O) groups is 2. The molecule has 4 atom stereocenters. The van der Waals surface area contributed by atoms with Gasteiger partial charge in [-0.3, -0.25) is 14.6 Å². The van der Waals surface area contributed by atoms with Crippen LogP contribution in [-0.2, 0) is 14.6 Å². The predicted octanol–water partition coefficient (Wildman–Crippen LogP) is 7.23. The van der Waals surface area contributed by atoms with E-state index in [9.17, 15) is 23.1 Å². The molecule has 0 saturated heterocycles. The number of amides is 2. The van der Waals surface area contributed by atoms with E-state index in [1.165, 1.54) is 22.7 Å². The Morgan fingerprint density at radius 2 is 1.59 bits per heavy atom. The molecule has 4 aromatic carbocycles. The van der Waals surface area contributed by atoms with Crippen LogP contribution in [0.15, 0.2) is 138 Å². The van der Waals surface area contributed by atoms with Crippen molar-refractivity contribution >= 4 is 70.4 Å². The topological polar surface area (TPSA) is 142 Å². The maximum atomic E-state index is 14.9. The lowest BCUT2D eigenvalue weighted by molar-refractivity contribution is -0.120. The molecule has 3 heterocycles. The molecule has 3 N–H and O–H groups in total. The molecule has 0 aliphatic heterocycles. The minimum Gasteiger partial charge on any atom is -0.394 e. The number of fused-ring (bicyclic) bond motifs is 2. The molecule has 0 aliphatic carbocycles. The number of aliphatic hydroxyl groups excluding tert-OH is 1. The minimum absolute atomic E-state index is 0.0686. The van der Waals surface area contributed by atoms with Gasteiger partial charge in [-0.2, -0.15) is 0 Å². The fraction of sp³-hybridized carbons (Fsp3) is 0.209. The lowest BCUT2D eigenvalue weighted by atomic mass is 9.82. The second kappa shape index (κ2) is 17.2. The summed E-state index contributed by atoms with van der Waals surface area (Å²) in [5, 5.41) is 18.4. The van der Waals surface area contributed by atoms with Crippen molar-refractivity contribution in [3.8, 4) is 0 Å². The number of hydrogen-bond donors (Lipinski definition) is 3. The summed E-state index contributed by atoms with van der Waals surface area (Å²) in [4.78, 5) is 40.1. The normalized spacial score (nSPS) is 13.9. The summed E-state index contributed by atoms with van der Waals surface area (Å²) < 4.78 is 27.4. The summed E-state index contributed by atoms with van der Waals surface area (Å²) in [5.41, 5.74) is 5.36. The van der Waals surface area contributed by atoms with Gasteiger partial charge < -0.3 is 20.6 Å². The molecule has 0 radical (unpaired) electrons. The Bertz CT molecular complexity index is 2560. The Hall–Kier alpha value is -5.31. The van der Waals surface area contributed by atoms with E-state index in [-0.39, 0.29) is 35.0 Å². The summed E-state index contributed by atoms with van der Waals surface area (Å²) in [5.74, 6) is -1.63. The van der Waals surface area contributed by atoms with E-state index >= 15 is 0 Å². The number of sulfone groups is 1. The second-order valence-corrected chi connectivity index (χ2v) is 17.7. The molecule has 10 nitrogen and oxygen atoms in total. The number of rotatable bonds is 15. The lowest BCUT2D eigenvalue weighted by Crippen LogP contribution is -2.51. The van der Waals surface area contributed by atoms with E-state index in [0.29, 0.717) is 17.1 Å². The molecule has 2 amide bonds. The van der Waals surface area contributed by atoms with Gasteiger partial charge in [0.05, 0.1) is 49.5 Å². The van der Waals surface area contributed by atoms with Gasteiger partial charge in [0.2, 0.25) is 0 Å². The average molecular weight is 804 g/mol. The van der Waals surface area contributed by atoms with Crippen molar-refractivity contribution in [1.29, 1.82) is 0 Å². The first-order chi connectivity index (χ1) is 27.1. The van der Waals surface area contributed by atoms with E-state index in [1.807, 2.05) is 85.8 Å². The van der Waals surface area contributed by atoms with Crippen molar-refractivity contribution in [2.45, 2.75) is 29.8 Å². The van der Waals surface area contributed by atoms with Gasteiger partial charge in [-0.25, -0.2) is 13.4 Å². The third-order valence-electron chi connectivity index (χ3n) is 9.78. The first-order valence-electron chi connectivity index (χ1n) is 18.1. The van der Waals surface area contributed by atoms with Gasteiger partial charge >= 0.3 is 0 Å². The molecule has 4 unspecified atom stereocenters. The average Bonchev–Trinajstić information content (AvgIpc) is 3.91. The number of aromatic nitrogens is 2. The van der Waals surface area contributed by atoms with Crippen LogP contribution < -0.4 is 15.5 Å². The van der Waals surface area contributed by atoms with Crippen LogP contribution in [0.4, 0.5) is 5.00 Å². The molecular weight excluding hydrogens is 763 g/mol. The largest absolute Gasteiger partial charge is 0.394 e. The fourth-order valence-corrected chi connectivity index (χ4v) is 10.4. The molecule has 0 fully saturated rings. The first-order valence-corrected chi connectivity index (χ1v) is 21.5. The Balaban J connectivity index is 1.13. The molecule has 0 saturated carbocycles. The van der Waals surface area contributed by atoms with Crippen LogP contribution in [0, 0.1) is 5.92 Å². The van der Waals surface area contributed by atoms with Gasteiger partial charge in [0.1, 0.15) is 6.04 Å². The highest BCUT2D eigenvalue weighted by Crippen LogP contribution is 2.36. The molecule has 7 aromatic rings. The van der Waals surface area contributed by atoms with E-state index < -0.39 is 27.8 Å². The summed E-state index contributed by atoms with van der Waals surface area (Å²) in [6, 6.07) is 35.3. The Kier molecular flexibility index (Phi) is 12.0. The zero-order chi connectivity index (χ0) is 39.2. The minimum atomic E-state index is -3.56. The van der Waals surface area contributed by atoms with E-state index in [1.54, 1.807) is 66.1 Å². The quantitative estimate of drug-likeness (QED) is 0.0987. The first kappa shape index (κ1) is 38.9. The molecule has 7 rings (SSSR count). The van der Waals surface area contributed by atoms with Crippen molar-refractivity contribution < 1.29 is 23.1 Å². The number of nitrogens with zero attached hydrogens (tertiary/aromatic N) is 3. The summed E-state index contributed by atoms with van der Waals surface area (Å²) in [6.45, 7) is 1.96. The lowest BCUT2D eigenvalue weighted by Gasteiger charge is -2.31. The molecule has 3 aromatic heterocycles. The third kappa shape index (κ3) is 8.57. The van der Waals surface area contributed by atoms with Crippen molar-refractivity contribution in [3.05, 3.63) is 155 Å². The summed E-state index contributed by atoms with van der Waals surface area (Å²) in [6.07, 6.45) is 1.73. The van der Waals surface area contributed by atoms with Crippen LogP contribution in [0.25, 0.3) is 21.1 Å². The molecule has 286 valence electrons. The zero-order valence-electron chi connectivity index (χ0n) is 30.8. The maximum Gasteiger partial charge on any atom is 0.251 e. The molecule has 0 aliphatic rings. The van der Waals surface area contributed by atoms with Crippen molar-refractivity contribution in [2.24, 2.45) is 5.92 Å². The second-order valence-electron chi connectivity index (χ2n) is 13.7. The third-order valence-corrected chi connectivity index (χ3v) is 13.8. The van der Waals surface area contributed by atoms with E-state index in [0.717, 1.165) is 37.1 Å². The zero-order valence-corrected chi connectivity index (χ0v) is 33.2. The van der Waals surface area contributed by atoms with Crippen molar-refractivity contribution in [2.75, 3.05) is 30.9 Å². The predicted molar refractivity (Wildman–Crippen MR) is 224 cm³/mol. The number of thiazole rings is 1. The van der Waals surface area contributed by atoms with E-state index in [2.05, 4.69) is 20.6 Å². The van der Waals surface area contributed by atoms with Gasteiger partial charge in [0.25, 0.3) is 11.8 Å². The van der Waals surface area contributed by atoms with E-state index in [4.69, 9.17) is 0 Å². The number of anilines is 1. The van der Waals surface area contributed by atoms with Crippen LogP contribution >= 0.6 is 22.7 Å². The monoisotopic (exact) mass is 803 g/mol. The number of carbonyl (C=O) groups excluding carboxylic acids is 2. The highest BCUT2D eigenvalue weighted by Gasteiger charge is 2.36. The molecule has 0 spiro atoms. The highest BCUT2D eigenvalue weighted by molar-refractivity contribution is 7.91. The molecule has 0 bridgehead atoms. The number of thiophene rings is 1. The number of aliphatic hydroxyl groups is 1. The summed E-state index contributed by atoms with van der Waals surface area (Å²) in [7, 11) is -1.87. The van der Waals surface area contributed by atoms with Crippen LogP contribution in [0.5, 0.6) is 0 Å². The Labute approximate surface area is 333 Å². The van der Waals surface area contributed by atoms with Crippen LogP contribution in [0.2, 0.25) is 0 Å². The number of benzene rings is 4. The summed E-state index contributed by atoms with van der Waals surface area (Å²) >= 11 is 2.74. The van der Waals surface area contributed by atoms with Gasteiger partial charge in [-0.15, -0.1) is 22.7 Å². The Morgan fingerprint density at radius 1 is 0.857 bits per heavy atom. The number of nitrogens with one attached hydrogen (secondary N) is 2. The highest BCUT2D eigenvalue weighted by atomic mass is 32.2. The SMILES string of the molecule is CC(CNC(CO)c1ccc(N(C)C(=O)C(NC(=O)c2ccccc2)C(c2ccccc2)c2ccnc3ccccc23)s1)CS(=O)(=O)c1ccc2ncsc2c1. The molecule has 13 heteroatoms. The number of hydrogen-bond acceptors (Lipinski definition) is 10. The van der Waals surface area contributed by atoms with Gasteiger partial charge in [-0.05, 0) is 78.2 Å². The maximum absolute atomic E-state index is 14.9. The molecular formula is C43H41N5O5S3. The fourth-order valence-electron chi connectivity index (χ4n) is 6.89. The van der Waals surface area contributed by atoms with Crippen molar-refractivity contribution in [3.63, 3.8) is 0 Å². The van der Waals surface area contributed by atoms with Gasteiger partial charge in [0.15, 0.2) is 9.84 Å². The number of pyridine rings is 1. The van der Waals surface area contributed by atoms with Crippen molar-refractivity contribution in [1.82, 2.24) is 20.6 Å². The van der Waals surface area contributed by atoms with Gasteiger partial charge in [-0.1, -0.05) is 73.7 Å². The van der Waals surface area contributed by atoms with Crippen LogP contribution in [0.3, 0.4) is 0 Å². The number of para-hydroxylation sites is 1. The molecule has 56 heavy (non-hydrogen) atoms. The number of likely N-dealkylation sites (N-methyl/N-ethyl adjacent to an activating group) is 1. The standard InChI is InChI=1S/C43H41N5O5S3/c1-28(26-56(52,53)31-17-18-35-38(23-31)54-27-46-35)24-45-36(25-49)37-19-20-39(55-37)48(2)43(51)41(47-42(50)30-13-7-4-8-14-30)40(29-11-5-3-6-12-29)33-21-22-44-34-16-10-9-15-32(33)34/h3-23,27-28,36,40-41,45,49H,24-26H2,1-2H3,(H,47,50). The van der Waals surface area contributed by atoms with Crippen LogP contribution in [-0.4, -0.2) is 67.3 Å². The smallest absolute Gasteiger partial charge is 0.251 e. The van der Waals surface area contributed by atoms with Gasteiger partial charge in [0, 0.05) is 35.0 Å². The Morgan fingerprint density at radius 3 is 2.36 bits per heavy atom. The van der Waals surface area contributed by atoms with Crippen LogP contribution in [0.1, 0.15) is 45.2 Å².